The number of carbonyl (C=O) groups is 1. The summed E-state index contributed by atoms with van der Waals surface area (Å²) in [5.41, 5.74) is 6.80. The highest BCUT2D eigenvalue weighted by Gasteiger charge is 2.10. The Morgan fingerprint density at radius 3 is 2.62 bits per heavy atom. The van der Waals surface area contributed by atoms with Crippen molar-refractivity contribution in [2.75, 3.05) is 12.3 Å². The lowest BCUT2D eigenvalue weighted by atomic mass is 10.2. The normalized spacial score (nSPS) is 10.4. The van der Waals surface area contributed by atoms with Gasteiger partial charge in [0, 0.05) is 27.6 Å². The molecule has 21 heavy (non-hydrogen) atoms. The van der Waals surface area contributed by atoms with Gasteiger partial charge in [-0.15, -0.1) is 0 Å². The van der Waals surface area contributed by atoms with E-state index in [1.54, 1.807) is 18.2 Å². The molecule has 0 aliphatic carbocycles. The second-order valence-corrected chi connectivity index (χ2v) is 5.41. The second kappa shape index (κ2) is 6.58. The molecule has 3 nitrogen and oxygen atoms in total. The van der Waals surface area contributed by atoms with Gasteiger partial charge in [-0.1, -0.05) is 11.8 Å². The lowest BCUT2D eigenvalue weighted by Gasteiger charge is -2.09. The Morgan fingerprint density at radius 2 is 1.95 bits per heavy atom. The molecule has 0 unspecified atom stereocenters. The van der Waals surface area contributed by atoms with Crippen LogP contribution in [0.2, 0.25) is 0 Å². The maximum absolute atomic E-state index is 13.2. The summed E-state index contributed by atoms with van der Waals surface area (Å²) in [5.74, 6) is -2.02. The van der Waals surface area contributed by atoms with Crippen LogP contribution < -0.4 is 11.1 Å². The number of nitrogen functional groups attached to an aromatic ring is 1. The molecule has 1 amide bonds. The van der Waals surface area contributed by atoms with E-state index < -0.39 is 11.6 Å². The maximum Gasteiger partial charge on any atom is 0.251 e. The minimum absolute atomic E-state index is 0.204. The van der Waals surface area contributed by atoms with E-state index in [4.69, 9.17) is 5.73 Å². The SMILES string of the molecule is CCNC(=O)c1ccc(N)c(Sc2ccc(F)c(F)c2)c1. The summed E-state index contributed by atoms with van der Waals surface area (Å²) < 4.78 is 26.1. The molecule has 0 saturated heterocycles. The second-order valence-electron chi connectivity index (χ2n) is 4.29. The van der Waals surface area contributed by atoms with Crippen molar-refractivity contribution in [3.8, 4) is 0 Å². The Labute approximate surface area is 125 Å². The van der Waals surface area contributed by atoms with Crippen LogP contribution in [-0.4, -0.2) is 12.5 Å². The Hall–Kier alpha value is -2.08. The molecule has 0 aliphatic rings. The third-order valence-electron chi connectivity index (χ3n) is 2.73. The van der Waals surface area contributed by atoms with Gasteiger partial charge in [-0.05, 0) is 43.3 Å². The number of anilines is 1. The summed E-state index contributed by atoms with van der Waals surface area (Å²) in [7, 11) is 0. The fraction of sp³-hybridized carbons (Fsp3) is 0.133. The van der Waals surface area contributed by atoms with Crippen molar-refractivity contribution < 1.29 is 13.6 Å². The Morgan fingerprint density at radius 1 is 1.19 bits per heavy atom. The molecule has 0 aromatic heterocycles. The van der Waals surface area contributed by atoms with Crippen LogP contribution in [0, 0.1) is 11.6 Å². The van der Waals surface area contributed by atoms with E-state index in [1.807, 2.05) is 6.92 Å². The average Bonchev–Trinajstić information content (AvgIpc) is 2.45. The summed E-state index contributed by atoms with van der Waals surface area (Å²) >= 11 is 1.18. The summed E-state index contributed by atoms with van der Waals surface area (Å²) in [6.45, 7) is 2.35. The largest absolute Gasteiger partial charge is 0.398 e. The van der Waals surface area contributed by atoms with Gasteiger partial charge in [-0.3, -0.25) is 4.79 Å². The van der Waals surface area contributed by atoms with E-state index in [0.29, 0.717) is 27.6 Å². The van der Waals surface area contributed by atoms with E-state index in [2.05, 4.69) is 5.32 Å². The number of nitrogens with one attached hydrogen (secondary N) is 1. The average molecular weight is 308 g/mol. The van der Waals surface area contributed by atoms with Crippen LogP contribution in [0.25, 0.3) is 0 Å². The minimum atomic E-state index is -0.918. The molecular weight excluding hydrogens is 294 g/mol. The molecule has 0 heterocycles. The fourth-order valence-electron chi connectivity index (χ4n) is 1.69. The fourth-order valence-corrected chi connectivity index (χ4v) is 2.62. The van der Waals surface area contributed by atoms with Gasteiger partial charge < -0.3 is 11.1 Å². The number of benzene rings is 2. The van der Waals surface area contributed by atoms with Crippen molar-refractivity contribution >= 4 is 23.4 Å². The highest BCUT2D eigenvalue weighted by Crippen LogP contribution is 2.33. The van der Waals surface area contributed by atoms with Gasteiger partial charge in [0.15, 0.2) is 11.6 Å². The molecule has 2 rings (SSSR count). The first-order valence-electron chi connectivity index (χ1n) is 6.32. The van der Waals surface area contributed by atoms with E-state index in [-0.39, 0.29) is 5.91 Å². The third kappa shape index (κ3) is 3.72. The molecule has 0 saturated carbocycles. The number of halogens is 2. The number of nitrogens with two attached hydrogens (primary N) is 1. The van der Waals surface area contributed by atoms with E-state index >= 15 is 0 Å². The van der Waals surface area contributed by atoms with Crippen LogP contribution in [0.5, 0.6) is 0 Å². The van der Waals surface area contributed by atoms with Gasteiger partial charge in [0.2, 0.25) is 0 Å². The van der Waals surface area contributed by atoms with Gasteiger partial charge >= 0.3 is 0 Å². The van der Waals surface area contributed by atoms with Crippen LogP contribution in [0.1, 0.15) is 17.3 Å². The van der Waals surface area contributed by atoms with Crippen LogP contribution in [0.15, 0.2) is 46.2 Å². The molecule has 110 valence electrons. The van der Waals surface area contributed by atoms with Crippen molar-refractivity contribution in [3.05, 3.63) is 53.6 Å². The van der Waals surface area contributed by atoms with Gasteiger partial charge in [-0.2, -0.15) is 0 Å². The molecule has 2 aromatic rings. The highest BCUT2D eigenvalue weighted by atomic mass is 32.2. The number of hydrogen-bond acceptors (Lipinski definition) is 3. The summed E-state index contributed by atoms with van der Waals surface area (Å²) in [4.78, 5) is 12.9. The first-order valence-corrected chi connectivity index (χ1v) is 7.13. The summed E-state index contributed by atoms with van der Waals surface area (Å²) in [5, 5.41) is 2.69. The number of hydrogen-bond donors (Lipinski definition) is 2. The maximum atomic E-state index is 13.2. The lowest BCUT2D eigenvalue weighted by molar-refractivity contribution is 0.0955. The van der Waals surface area contributed by atoms with Crippen molar-refractivity contribution in [2.24, 2.45) is 0 Å². The van der Waals surface area contributed by atoms with Crippen molar-refractivity contribution in [1.82, 2.24) is 5.32 Å². The van der Waals surface area contributed by atoms with Crippen LogP contribution in [-0.2, 0) is 0 Å². The van der Waals surface area contributed by atoms with Gasteiger partial charge in [0.05, 0.1) is 0 Å². The highest BCUT2D eigenvalue weighted by molar-refractivity contribution is 7.99. The van der Waals surface area contributed by atoms with Gasteiger partial charge in [0.1, 0.15) is 0 Å². The smallest absolute Gasteiger partial charge is 0.251 e. The molecule has 0 fully saturated rings. The molecule has 6 heteroatoms. The molecule has 2 aromatic carbocycles. The number of carbonyl (C=O) groups excluding carboxylic acids is 1. The molecule has 0 bridgehead atoms. The molecule has 0 spiro atoms. The van der Waals surface area contributed by atoms with Crippen LogP contribution in [0.4, 0.5) is 14.5 Å². The predicted molar refractivity (Wildman–Crippen MR) is 79.3 cm³/mol. The molecule has 0 aliphatic heterocycles. The monoisotopic (exact) mass is 308 g/mol. The molecule has 3 N–H and O–H groups in total. The van der Waals surface area contributed by atoms with Crippen molar-refractivity contribution in [2.45, 2.75) is 16.7 Å². The molecule has 0 radical (unpaired) electrons. The first kappa shape index (κ1) is 15.3. The van der Waals surface area contributed by atoms with E-state index in [0.717, 1.165) is 12.1 Å². The Kier molecular flexibility index (Phi) is 4.80. The third-order valence-corrected chi connectivity index (χ3v) is 3.80. The standard InChI is InChI=1S/C15H14F2N2OS/c1-2-19-15(20)9-3-6-13(18)14(7-9)21-10-4-5-11(16)12(17)8-10/h3-8H,2,18H2,1H3,(H,19,20). The van der Waals surface area contributed by atoms with E-state index in [9.17, 15) is 13.6 Å². The van der Waals surface area contributed by atoms with Crippen molar-refractivity contribution in [1.29, 1.82) is 0 Å². The first-order chi connectivity index (χ1) is 10.0. The van der Waals surface area contributed by atoms with E-state index in [1.165, 1.54) is 17.8 Å². The summed E-state index contributed by atoms with van der Waals surface area (Å²) in [6.07, 6.45) is 0. The Balaban J connectivity index is 2.28. The zero-order chi connectivity index (χ0) is 15.4. The van der Waals surface area contributed by atoms with Gasteiger partial charge in [0.25, 0.3) is 5.91 Å². The zero-order valence-corrected chi connectivity index (χ0v) is 12.1. The summed E-state index contributed by atoms with van der Waals surface area (Å²) in [6, 6.07) is 8.48. The topological polar surface area (TPSA) is 55.1 Å². The molecular formula is C15H14F2N2OS. The number of amides is 1. The lowest BCUT2D eigenvalue weighted by Crippen LogP contribution is -2.22. The molecule has 0 atom stereocenters. The van der Waals surface area contributed by atoms with Crippen molar-refractivity contribution in [3.63, 3.8) is 0 Å². The van der Waals surface area contributed by atoms with Crippen LogP contribution >= 0.6 is 11.8 Å². The Bertz CT molecular complexity index is 677. The number of rotatable bonds is 4. The van der Waals surface area contributed by atoms with Crippen LogP contribution in [0.3, 0.4) is 0 Å². The zero-order valence-electron chi connectivity index (χ0n) is 11.3. The van der Waals surface area contributed by atoms with Gasteiger partial charge in [-0.25, -0.2) is 8.78 Å². The predicted octanol–water partition coefficient (Wildman–Crippen LogP) is 3.45. The quantitative estimate of drug-likeness (QED) is 0.851. The minimum Gasteiger partial charge on any atom is -0.398 e.